The summed E-state index contributed by atoms with van der Waals surface area (Å²) in [7, 11) is 0. The molecular weight excluding hydrogens is 410 g/mol. The molecule has 0 aliphatic carbocycles. The Kier molecular flexibility index (Phi) is 6.43. The molecule has 2 amide bonds. The molecule has 1 aliphatic heterocycles. The summed E-state index contributed by atoms with van der Waals surface area (Å²) in [5.74, 6) is -0.486. The molecule has 0 fully saturated rings. The summed E-state index contributed by atoms with van der Waals surface area (Å²) in [6.07, 6.45) is 0.767. The quantitative estimate of drug-likeness (QED) is 0.525. The highest BCUT2D eigenvalue weighted by molar-refractivity contribution is 7.99. The van der Waals surface area contributed by atoms with Crippen LogP contribution in [0.3, 0.4) is 0 Å². The minimum Gasteiger partial charge on any atom is -0.483 e. The van der Waals surface area contributed by atoms with Crippen molar-refractivity contribution in [3.05, 3.63) is 78.4 Å². The van der Waals surface area contributed by atoms with E-state index < -0.39 is 5.91 Å². The monoisotopic (exact) mass is 433 g/mol. The molecule has 1 heterocycles. The third kappa shape index (κ3) is 4.83. The van der Waals surface area contributed by atoms with Crippen LogP contribution in [0.2, 0.25) is 0 Å². The Labute approximate surface area is 185 Å². The first-order valence-electron chi connectivity index (χ1n) is 10.1. The van der Waals surface area contributed by atoms with E-state index in [4.69, 9.17) is 10.5 Å². The molecule has 3 aromatic carbocycles. The molecule has 7 heteroatoms. The Morgan fingerprint density at radius 2 is 1.52 bits per heavy atom. The number of carbonyl (C=O) groups is 2. The van der Waals surface area contributed by atoms with Crippen molar-refractivity contribution < 1.29 is 14.3 Å². The van der Waals surface area contributed by atoms with Gasteiger partial charge in [-0.25, -0.2) is 0 Å². The Hall–Kier alpha value is -3.45. The molecule has 0 spiro atoms. The summed E-state index contributed by atoms with van der Waals surface area (Å²) < 4.78 is 5.35. The number of primary amides is 1. The van der Waals surface area contributed by atoms with Crippen molar-refractivity contribution in [1.29, 1.82) is 0 Å². The fourth-order valence-electron chi connectivity index (χ4n) is 3.49. The van der Waals surface area contributed by atoms with Crippen molar-refractivity contribution in [1.82, 2.24) is 5.32 Å². The van der Waals surface area contributed by atoms with E-state index in [1.54, 1.807) is 36.0 Å². The molecule has 1 aliphatic rings. The second-order valence-corrected chi connectivity index (χ2v) is 8.13. The number of hydrogen-bond acceptors (Lipinski definition) is 5. The molecule has 0 bridgehead atoms. The largest absolute Gasteiger partial charge is 0.483 e. The van der Waals surface area contributed by atoms with E-state index in [0.717, 1.165) is 13.0 Å². The summed E-state index contributed by atoms with van der Waals surface area (Å²) in [4.78, 5) is 28.4. The van der Waals surface area contributed by atoms with Crippen molar-refractivity contribution in [2.24, 2.45) is 5.73 Å². The molecule has 3 aromatic rings. The molecule has 0 unspecified atom stereocenters. The smallest absolute Gasteiger partial charge is 0.255 e. The number of para-hydroxylation sites is 3. The SMILES string of the molecule is NC(=O)COc1ccccc1C(=O)NCCCN1c2ccccc2Sc2ccccc21. The Morgan fingerprint density at radius 3 is 2.19 bits per heavy atom. The zero-order chi connectivity index (χ0) is 21.6. The van der Waals surface area contributed by atoms with Gasteiger partial charge in [0.05, 0.1) is 16.9 Å². The van der Waals surface area contributed by atoms with Crippen LogP contribution in [0, 0.1) is 0 Å². The van der Waals surface area contributed by atoms with Crippen molar-refractivity contribution in [3.63, 3.8) is 0 Å². The third-order valence-electron chi connectivity index (χ3n) is 4.88. The van der Waals surface area contributed by atoms with Crippen LogP contribution >= 0.6 is 11.8 Å². The lowest BCUT2D eigenvalue weighted by molar-refractivity contribution is -0.119. The zero-order valence-electron chi connectivity index (χ0n) is 16.9. The highest BCUT2D eigenvalue weighted by Crippen LogP contribution is 2.47. The number of hydrogen-bond donors (Lipinski definition) is 2. The fraction of sp³-hybridized carbons (Fsp3) is 0.167. The highest BCUT2D eigenvalue weighted by atomic mass is 32.2. The summed E-state index contributed by atoms with van der Waals surface area (Å²) >= 11 is 1.78. The molecular formula is C24H23N3O3S. The molecule has 0 saturated heterocycles. The molecule has 6 nitrogen and oxygen atoms in total. The summed E-state index contributed by atoms with van der Waals surface area (Å²) in [6.45, 7) is 1.02. The number of fused-ring (bicyclic) bond motifs is 2. The van der Waals surface area contributed by atoms with Crippen LogP contribution in [-0.2, 0) is 4.79 Å². The van der Waals surface area contributed by atoms with E-state index >= 15 is 0 Å². The Morgan fingerprint density at radius 1 is 0.903 bits per heavy atom. The average molecular weight is 434 g/mol. The molecule has 4 rings (SSSR count). The van der Waals surface area contributed by atoms with Crippen LogP contribution in [0.1, 0.15) is 16.8 Å². The van der Waals surface area contributed by atoms with Crippen molar-refractivity contribution >= 4 is 35.0 Å². The molecule has 158 valence electrons. The van der Waals surface area contributed by atoms with E-state index in [0.29, 0.717) is 17.9 Å². The van der Waals surface area contributed by atoms with E-state index in [-0.39, 0.29) is 12.5 Å². The van der Waals surface area contributed by atoms with Gasteiger partial charge in [0.25, 0.3) is 11.8 Å². The van der Waals surface area contributed by atoms with Gasteiger partial charge in [0.2, 0.25) is 0 Å². The van der Waals surface area contributed by atoms with Gasteiger partial charge in [-0.2, -0.15) is 0 Å². The number of anilines is 2. The van der Waals surface area contributed by atoms with Crippen LogP contribution in [0.4, 0.5) is 11.4 Å². The number of carbonyl (C=O) groups excluding carboxylic acids is 2. The molecule has 0 saturated carbocycles. The number of rotatable bonds is 8. The number of nitrogens with zero attached hydrogens (tertiary/aromatic N) is 1. The maximum atomic E-state index is 12.6. The second-order valence-electron chi connectivity index (χ2n) is 7.05. The first-order valence-corrected chi connectivity index (χ1v) is 10.9. The van der Waals surface area contributed by atoms with Crippen molar-refractivity contribution in [3.8, 4) is 5.75 Å². The van der Waals surface area contributed by atoms with Crippen LogP contribution in [0.5, 0.6) is 5.75 Å². The van der Waals surface area contributed by atoms with E-state index in [9.17, 15) is 9.59 Å². The standard InChI is InChI=1S/C24H23N3O3S/c25-23(28)16-30-20-11-4-1-8-17(20)24(29)26-14-7-15-27-18-9-2-5-12-21(18)31-22-13-6-3-10-19(22)27/h1-6,8-13H,7,14-16H2,(H2,25,28)(H,26,29). The first-order chi connectivity index (χ1) is 15.1. The minimum absolute atomic E-state index is 0.241. The topological polar surface area (TPSA) is 84.7 Å². The van der Waals surface area contributed by atoms with Gasteiger partial charge in [0.1, 0.15) is 5.75 Å². The highest BCUT2D eigenvalue weighted by Gasteiger charge is 2.22. The van der Waals surface area contributed by atoms with Crippen LogP contribution < -0.4 is 20.7 Å². The molecule has 0 aromatic heterocycles. The van der Waals surface area contributed by atoms with E-state index in [1.807, 2.05) is 12.1 Å². The molecule has 3 N–H and O–H groups in total. The minimum atomic E-state index is -0.588. The summed E-state index contributed by atoms with van der Waals surface area (Å²) in [6, 6.07) is 23.5. The lowest BCUT2D eigenvalue weighted by atomic mass is 10.2. The van der Waals surface area contributed by atoms with Gasteiger partial charge in [0.15, 0.2) is 6.61 Å². The van der Waals surface area contributed by atoms with Gasteiger partial charge < -0.3 is 20.7 Å². The molecule has 31 heavy (non-hydrogen) atoms. The number of ether oxygens (including phenoxy) is 1. The summed E-state index contributed by atoms with van der Waals surface area (Å²) in [5.41, 5.74) is 7.88. The predicted octanol–water partition coefficient (Wildman–Crippen LogP) is 3.97. The molecule has 0 atom stereocenters. The van der Waals surface area contributed by atoms with E-state index in [2.05, 4.69) is 46.6 Å². The third-order valence-corrected chi connectivity index (χ3v) is 6.01. The number of amides is 2. The first kappa shape index (κ1) is 20.8. The maximum Gasteiger partial charge on any atom is 0.255 e. The maximum absolute atomic E-state index is 12.6. The van der Waals surface area contributed by atoms with Gasteiger partial charge in [0, 0.05) is 22.9 Å². The van der Waals surface area contributed by atoms with Gasteiger partial charge in [-0.3, -0.25) is 9.59 Å². The van der Waals surface area contributed by atoms with Crippen molar-refractivity contribution in [2.75, 3.05) is 24.6 Å². The second kappa shape index (κ2) is 9.57. The average Bonchev–Trinajstić information content (AvgIpc) is 2.79. The van der Waals surface area contributed by atoms with Gasteiger partial charge in [-0.05, 0) is 42.8 Å². The lowest BCUT2D eigenvalue weighted by Gasteiger charge is -2.32. The van der Waals surface area contributed by atoms with Crippen LogP contribution in [-0.4, -0.2) is 31.5 Å². The van der Waals surface area contributed by atoms with Gasteiger partial charge in [-0.1, -0.05) is 48.2 Å². The van der Waals surface area contributed by atoms with Gasteiger partial charge in [-0.15, -0.1) is 0 Å². The van der Waals surface area contributed by atoms with Crippen LogP contribution in [0.25, 0.3) is 0 Å². The van der Waals surface area contributed by atoms with Crippen LogP contribution in [0.15, 0.2) is 82.6 Å². The van der Waals surface area contributed by atoms with Crippen molar-refractivity contribution in [2.45, 2.75) is 16.2 Å². The van der Waals surface area contributed by atoms with E-state index in [1.165, 1.54) is 21.2 Å². The lowest BCUT2D eigenvalue weighted by Crippen LogP contribution is -2.29. The normalized spacial score (nSPS) is 11.9. The predicted molar refractivity (Wildman–Crippen MR) is 122 cm³/mol. The number of nitrogens with one attached hydrogen (secondary N) is 1. The Bertz CT molecular complexity index is 1060. The fourth-order valence-corrected chi connectivity index (χ4v) is 4.58. The number of nitrogens with two attached hydrogens (primary N) is 1. The number of benzene rings is 3. The Balaban J connectivity index is 1.39. The van der Waals surface area contributed by atoms with Gasteiger partial charge >= 0.3 is 0 Å². The molecule has 0 radical (unpaired) electrons. The zero-order valence-corrected chi connectivity index (χ0v) is 17.7. The summed E-state index contributed by atoms with van der Waals surface area (Å²) in [5, 5.41) is 2.95.